The standard InChI is InChI=1S/C14H10Cl2O3/c15-12-6-5-11(7-13(12)16)19-8-9-1-3-10(4-2-9)14(17)18/h1-7H,8H2,(H,17,18). The van der Waals surface area contributed by atoms with Crippen molar-refractivity contribution >= 4 is 29.2 Å². The topological polar surface area (TPSA) is 46.5 Å². The van der Waals surface area contributed by atoms with E-state index in [-0.39, 0.29) is 5.56 Å². The fraction of sp³-hybridized carbons (Fsp3) is 0.0714. The lowest BCUT2D eigenvalue weighted by atomic mass is 10.1. The summed E-state index contributed by atoms with van der Waals surface area (Å²) in [5.41, 5.74) is 1.12. The first kappa shape index (κ1) is 13.7. The molecule has 0 aliphatic rings. The van der Waals surface area contributed by atoms with Gasteiger partial charge in [-0.25, -0.2) is 4.79 Å². The molecule has 2 rings (SSSR count). The van der Waals surface area contributed by atoms with Crippen molar-refractivity contribution in [1.82, 2.24) is 0 Å². The molecule has 0 saturated carbocycles. The van der Waals surface area contributed by atoms with Crippen LogP contribution in [0.2, 0.25) is 10.0 Å². The number of hydrogen-bond donors (Lipinski definition) is 1. The second kappa shape index (κ2) is 5.95. The minimum atomic E-state index is -0.947. The maximum atomic E-state index is 10.7. The SMILES string of the molecule is O=C(O)c1ccc(COc2ccc(Cl)c(Cl)c2)cc1. The van der Waals surface area contributed by atoms with Crippen LogP contribution in [0.15, 0.2) is 42.5 Å². The van der Waals surface area contributed by atoms with Gasteiger partial charge in [-0.1, -0.05) is 35.3 Å². The van der Waals surface area contributed by atoms with Gasteiger partial charge in [-0.3, -0.25) is 0 Å². The molecule has 2 aromatic carbocycles. The number of carboxylic acids is 1. The first-order chi connectivity index (χ1) is 9.06. The van der Waals surface area contributed by atoms with E-state index in [0.717, 1.165) is 5.56 Å². The van der Waals surface area contributed by atoms with Crippen LogP contribution in [0, 0.1) is 0 Å². The number of halogens is 2. The van der Waals surface area contributed by atoms with E-state index in [2.05, 4.69) is 0 Å². The van der Waals surface area contributed by atoms with Crippen molar-refractivity contribution in [3.8, 4) is 5.75 Å². The molecule has 0 aliphatic carbocycles. The fourth-order valence-corrected chi connectivity index (χ4v) is 1.76. The first-order valence-corrected chi connectivity index (χ1v) is 6.22. The molecule has 3 nitrogen and oxygen atoms in total. The predicted molar refractivity (Wildman–Crippen MR) is 74.2 cm³/mol. The quantitative estimate of drug-likeness (QED) is 0.916. The summed E-state index contributed by atoms with van der Waals surface area (Å²) in [5.74, 6) is -0.339. The zero-order valence-electron chi connectivity index (χ0n) is 9.77. The average Bonchev–Trinajstić information content (AvgIpc) is 2.40. The number of ether oxygens (including phenoxy) is 1. The Balaban J connectivity index is 2.01. The highest BCUT2D eigenvalue weighted by Crippen LogP contribution is 2.26. The normalized spacial score (nSPS) is 10.2. The molecule has 5 heteroatoms. The van der Waals surface area contributed by atoms with Crippen molar-refractivity contribution in [2.45, 2.75) is 6.61 Å². The Hall–Kier alpha value is -1.71. The summed E-state index contributed by atoms with van der Waals surface area (Å²) in [6, 6.07) is 11.5. The molecular formula is C14H10Cl2O3. The molecule has 0 heterocycles. The van der Waals surface area contributed by atoms with Crippen molar-refractivity contribution in [3.05, 3.63) is 63.6 Å². The van der Waals surface area contributed by atoms with E-state index in [4.69, 9.17) is 33.0 Å². The third kappa shape index (κ3) is 3.63. The zero-order valence-corrected chi connectivity index (χ0v) is 11.3. The van der Waals surface area contributed by atoms with E-state index in [0.29, 0.717) is 22.4 Å². The van der Waals surface area contributed by atoms with Crippen LogP contribution < -0.4 is 4.74 Å². The van der Waals surface area contributed by atoms with E-state index >= 15 is 0 Å². The van der Waals surface area contributed by atoms with Gasteiger partial charge in [0.25, 0.3) is 0 Å². The molecule has 2 aromatic rings. The Bertz CT molecular complexity index is 594. The summed E-state index contributed by atoms with van der Waals surface area (Å²) < 4.78 is 5.54. The molecule has 0 saturated heterocycles. The molecule has 0 bridgehead atoms. The summed E-state index contributed by atoms with van der Waals surface area (Å²) in [7, 11) is 0. The van der Waals surface area contributed by atoms with Crippen LogP contribution >= 0.6 is 23.2 Å². The van der Waals surface area contributed by atoms with Gasteiger partial charge < -0.3 is 9.84 Å². The number of carboxylic acid groups (broad SMARTS) is 1. The monoisotopic (exact) mass is 296 g/mol. The van der Waals surface area contributed by atoms with Crippen LogP contribution in [0.25, 0.3) is 0 Å². The van der Waals surface area contributed by atoms with Crippen molar-refractivity contribution in [1.29, 1.82) is 0 Å². The summed E-state index contributed by atoms with van der Waals surface area (Å²) in [6.07, 6.45) is 0. The molecule has 0 amide bonds. The summed E-state index contributed by atoms with van der Waals surface area (Å²) in [6.45, 7) is 0.331. The number of aromatic carboxylic acids is 1. The summed E-state index contributed by atoms with van der Waals surface area (Å²) in [4.78, 5) is 10.7. The van der Waals surface area contributed by atoms with Crippen LogP contribution in [0.4, 0.5) is 0 Å². The molecule has 0 aromatic heterocycles. The smallest absolute Gasteiger partial charge is 0.335 e. The minimum Gasteiger partial charge on any atom is -0.489 e. The van der Waals surface area contributed by atoms with Crippen molar-refractivity contribution in [2.75, 3.05) is 0 Å². The fourth-order valence-electron chi connectivity index (χ4n) is 1.48. The third-order valence-corrected chi connectivity index (χ3v) is 3.24. The average molecular weight is 297 g/mol. The molecular weight excluding hydrogens is 287 g/mol. The van der Waals surface area contributed by atoms with Crippen molar-refractivity contribution in [2.24, 2.45) is 0 Å². The molecule has 0 aliphatic heterocycles. The van der Waals surface area contributed by atoms with Gasteiger partial charge in [-0.15, -0.1) is 0 Å². The lowest BCUT2D eigenvalue weighted by molar-refractivity contribution is 0.0697. The van der Waals surface area contributed by atoms with Crippen LogP contribution in [-0.2, 0) is 6.61 Å². The Morgan fingerprint density at radius 1 is 1.05 bits per heavy atom. The molecule has 1 N–H and O–H groups in total. The molecule has 98 valence electrons. The molecule has 0 fully saturated rings. The van der Waals surface area contributed by atoms with E-state index < -0.39 is 5.97 Å². The molecule has 0 radical (unpaired) electrons. The van der Waals surface area contributed by atoms with Gasteiger partial charge in [-0.05, 0) is 29.8 Å². The van der Waals surface area contributed by atoms with Gasteiger partial charge in [-0.2, -0.15) is 0 Å². The van der Waals surface area contributed by atoms with Crippen LogP contribution in [0.1, 0.15) is 15.9 Å². The second-order valence-electron chi connectivity index (χ2n) is 3.87. The zero-order chi connectivity index (χ0) is 13.8. The van der Waals surface area contributed by atoms with Crippen molar-refractivity contribution < 1.29 is 14.6 Å². The number of benzene rings is 2. The lowest BCUT2D eigenvalue weighted by Crippen LogP contribution is -1.98. The molecule has 19 heavy (non-hydrogen) atoms. The lowest BCUT2D eigenvalue weighted by Gasteiger charge is -2.07. The van der Waals surface area contributed by atoms with E-state index in [1.165, 1.54) is 12.1 Å². The van der Waals surface area contributed by atoms with Crippen LogP contribution in [0.3, 0.4) is 0 Å². The van der Waals surface area contributed by atoms with Gasteiger partial charge in [0.2, 0.25) is 0 Å². The van der Waals surface area contributed by atoms with Crippen molar-refractivity contribution in [3.63, 3.8) is 0 Å². The Morgan fingerprint density at radius 2 is 1.74 bits per heavy atom. The highest BCUT2D eigenvalue weighted by Gasteiger charge is 2.03. The Kier molecular flexibility index (Phi) is 4.30. The van der Waals surface area contributed by atoms with Gasteiger partial charge in [0.05, 0.1) is 15.6 Å². The molecule has 0 spiro atoms. The first-order valence-electron chi connectivity index (χ1n) is 5.46. The maximum Gasteiger partial charge on any atom is 0.335 e. The molecule has 0 unspecified atom stereocenters. The second-order valence-corrected chi connectivity index (χ2v) is 4.68. The van der Waals surface area contributed by atoms with Crippen LogP contribution in [-0.4, -0.2) is 11.1 Å². The summed E-state index contributed by atoms with van der Waals surface area (Å²) in [5, 5.41) is 9.68. The van der Waals surface area contributed by atoms with Crippen LogP contribution in [0.5, 0.6) is 5.75 Å². The third-order valence-electron chi connectivity index (χ3n) is 2.50. The Labute approximate surface area is 120 Å². The Morgan fingerprint density at radius 3 is 2.32 bits per heavy atom. The molecule has 0 atom stereocenters. The highest BCUT2D eigenvalue weighted by atomic mass is 35.5. The van der Waals surface area contributed by atoms with Gasteiger partial charge in [0.15, 0.2) is 0 Å². The predicted octanol–water partition coefficient (Wildman–Crippen LogP) is 4.27. The largest absolute Gasteiger partial charge is 0.489 e. The maximum absolute atomic E-state index is 10.7. The van der Waals surface area contributed by atoms with Gasteiger partial charge >= 0.3 is 5.97 Å². The van der Waals surface area contributed by atoms with E-state index in [1.54, 1.807) is 30.3 Å². The minimum absolute atomic E-state index is 0.248. The van der Waals surface area contributed by atoms with Gasteiger partial charge in [0.1, 0.15) is 12.4 Å². The number of rotatable bonds is 4. The van der Waals surface area contributed by atoms with E-state index in [1.807, 2.05) is 0 Å². The number of carbonyl (C=O) groups is 1. The van der Waals surface area contributed by atoms with E-state index in [9.17, 15) is 4.79 Å². The van der Waals surface area contributed by atoms with Gasteiger partial charge in [0, 0.05) is 6.07 Å². The highest BCUT2D eigenvalue weighted by molar-refractivity contribution is 6.42. The summed E-state index contributed by atoms with van der Waals surface area (Å²) >= 11 is 11.7. The number of hydrogen-bond acceptors (Lipinski definition) is 2.